The number of imide groups is 1. The highest BCUT2D eigenvalue weighted by atomic mass is 16.5. The Morgan fingerprint density at radius 2 is 2.00 bits per heavy atom. The van der Waals surface area contributed by atoms with Crippen molar-refractivity contribution in [1.29, 1.82) is 0 Å². The normalized spacial score (nSPS) is 11.7. The zero-order chi connectivity index (χ0) is 16.8. The number of hydrogen-bond acceptors (Lipinski definition) is 4. The molecule has 0 aliphatic heterocycles. The summed E-state index contributed by atoms with van der Waals surface area (Å²) < 4.78 is 5.07. The number of benzene rings is 1. The van der Waals surface area contributed by atoms with Gasteiger partial charge in [-0.3, -0.25) is 14.9 Å². The molecule has 0 saturated heterocycles. The Balaban J connectivity index is 1.91. The molecule has 0 saturated carbocycles. The van der Waals surface area contributed by atoms with Gasteiger partial charge in [0.2, 0.25) is 0 Å². The van der Waals surface area contributed by atoms with Crippen LogP contribution in [-0.4, -0.2) is 35.5 Å². The van der Waals surface area contributed by atoms with Gasteiger partial charge in [-0.15, -0.1) is 0 Å². The van der Waals surface area contributed by atoms with Gasteiger partial charge in [0, 0.05) is 23.6 Å². The van der Waals surface area contributed by atoms with Crippen LogP contribution in [0.15, 0.2) is 30.5 Å². The fraction of sp³-hybridized carbons (Fsp3) is 0.312. The molecular formula is C16H19N3O4. The van der Waals surface area contributed by atoms with Gasteiger partial charge in [-0.25, -0.2) is 4.79 Å². The second-order valence-corrected chi connectivity index (χ2v) is 5.02. The molecule has 0 fully saturated rings. The van der Waals surface area contributed by atoms with E-state index in [4.69, 9.17) is 4.74 Å². The average Bonchev–Trinajstić information content (AvgIpc) is 2.90. The van der Waals surface area contributed by atoms with Crippen LogP contribution in [0.2, 0.25) is 0 Å². The minimum atomic E-state index is -1.05. The summed E-state index contributed by atoms with van der Waals surface area (Å²) in [6, 6.07) is 6.98. The number of amides is 3. The van der Waals surface area contributed by atoms with Crippen molar-refractivity contribution in [2.45, 2.75) is 26.4 Å². The molecule has 7 heteroatoms. The summed E-state index contributed by atoms with van der Waals surface area (Å²) in [5, 5.41) is 5.46. The maximum atomic E-state index is 12.0. The maximum Gasteiger partial charge on any atom is 0.321 e. The van der Waals surface area contributed by atoms with Crippen molar-refractivity contribution in [2.24, 2.45) is 0 Å². The van der Waals surface area contributed by atoms with Crippen LogP contribution >= 0.6 is 0 Å². The SMILES string of the molecule is CCNC(=O)NC(=O)[C@@H](C)OC(=O)Cc1c[nH]c2ccccc12. The summed E-state index contributed by atoms with van der Waals surface area (Å²) in [5.74, 6) is -1.20. The van der Waals surface area contributed by atoms with Crippen LogP contribution < -0.4 is 10.6 Å². The van der Waals surface area contributed by atoms with Gasteiger partial charge in [-0.05, 0) is 25.5 Å². The summed E-state index contributed by atoms with van der Waals surface area (Å²) in [6.07, 6.45) is 0.740. The molecule has 2 aromatic rings. The minimum absolute atomic E-state index is 0.0444. The number of carbonyl (C=O) groups is 3. The third-order valence-electron chi connectivity index (χ3n) is 3.26. The van der Waals surface area contributed by atoms with E-state index in [1.54, 1.807) is 13.1 Å². The van der Waals surface area contributed by atoms with Gasteiger partial charge in [0.05, 0.1) is 6.42 Å². The van der Waals surface area contributed by atoms with Crippen LogP contribution in [0.1, 0.15) is 19.4 Å². The lowest BCUT2D eigenvalue weighted by atomic mass is 10.1. The maximum absolute atomic E-state index is 12.0. The summed E-state index contributed by atoms with van der Waals surface area (Å²) in [5.41, 5.74) is 1.72. The second kappa shape index (κ2) is 7.44. The molecule has 0 spiro atoms. The molecular weight excluding hydrogens is 298 g/mol. The Kier molecular flexibility index (Phi) is 5.35. The third-order valence-corrected chi connectivity index (χ3v) is 3.26. The van der Waals surface area contributed by atoms with Crippen molar-refractivity contribution in [1.82, 2.24) is 15.6 Å². The number of H-pyrrole nitrogens is 1. The summed E-state index contributed by atoms with van der Waals surface area (Å²) >= 11 is 0. The number of para-hydroxylation sites is 1. The summed E-state index contributed by atoms with van der Waals surface area (Å²) in [7, 11) is 0. The molecule has 0 aliphatic carbocycles. The van der Waals surface area contributed by atoms with Crippen LogP contribution in [0.5, 0.6) is 0 Å². The molecule has 23 heavy (non-hydrogen) atoms. The van der Waals surface area contributed by atoms with Crippen molar-refractivity contribution < 1.29 is 19.1 Å². The molecule has 1 heterocycles. The van der Waals surface area contributed by atoms with Crippen molar-refractivity contribution in [2.75, 3.05) is 6.54 Å². The standard InChI is InChI=1S/C16H19N3O4/c1-3-17-16(22)19-15(21)10(2)23-14(20)8-11-9-18-13-7-5-4-6-12(11)13/h4-7,9-10,18H,3,8H2,1-2H3,(H2,17,19,21,22)/t10-/m1/s1. The lowest BCUT2D eigenvalue weighted by molar-refractivity contribution is -0.153. The van der Waals surface area contributed by atoms with Gasteiger partial charge in [0.1, 0.15) is 0 Å². The monoisotopic (exact) mass is 317 g/mol. The van der Waals surface area contributed by atoms with Crippen molar-refractivity contribution in [3.63, 3.8) is 0 Å². The van der Waals surface area contributed by atoms with E-state index in [9.17, 15) is 14.4 Å². The summed E-state index contributed by atoms with van der Waals surface area (Å²) in [4.78, 5) is 38.0. The molecule has 1 aromatic carbocycles. The molecule has 0 aliphatic rings. The zero-order valence-corrected chi connectivity index (χ0v) is 13.0. The molecule has 7 nitrogen and oxygen atoms in total. The predicted molar refractivity (Wildman–Crippen MR) is 84.8 cm³/mol. The topological polar surface area (TPSA) is 100 Å². The molecule has 3 amide bonds. The highest BCUT2D eigenvalue weighted by molar-refractivity contribution is 5.97. The Morgan fingerprint density at radius 3 is 2.74 bits per heavy atom. The number of urea groups is 1. The fourth-order valence-electron chi connectivity index (χ4n) is 2.14. The van der Waals surface area contributed by atoms with Crippen LogP contribution in [0.25, 0.3) is 10.9 Å². The van der Waals surface area contributed by atoms with E-state index in [0.717, 1.165) is 16.5 Å². The van der Waals surface area contributed by atoms with Gasteiger partial charge in [-0.1, -0.05) is 18.2 Å². The zero-order valence-electron chi connectivity index (χ0n) is 13.0. The minimum Gasteiger partial charge on any atom is -0.452 e. The first-order chi connectivity index (χ1) is 11.0. The molecule has 2 rings (SSSR count). The van der Waals surface area contributed by atoms with E-state index < -0.39 is 24.0 Å². The number of nitrogens with one attached hydrogen (secondary N) is 3. The number of rotatable bonds is 5. The van der Waals surface area contributed by atoms with Gasteiger partial charge >= 0.3 is 12.0 Å². The Hall–Kier alpha value is -2.83. The quantitative estimate of drug-likeness (QED) is 0.727. The number of ether oxygens (including phenoxy) is 1. The van der Waals surface area contributed by atoms with Crippen molar-refractivity contribution in [3.8, 4) is 0 Å². The smallest absolute Gasteiger partial charge is 0.321 e. The number of aromatic nitrogens is 1. The number of esters is 1. The number of hydrogen-bond donors (Lipinski definition) is 3. The number of fused-ring (bicyclic) bond motifs is 1. The third kappa shape index (κ3) is 4.32. The Morgan fingerprint density at radius 1 is 1.26 bits per heavy atom. The second-order valence-electron chi connectivity index (χ2n) is 5.02. The molecule has 1 aromatic heterocycles. The lowest BCUT2D eigenvalue weighted by Crippen LogP contribution is -2.44. The largest absolute Gasteiger partial charge is 0.452 e. The van der Waals surface area contributed by atoms with Crippen LogP contribution in [0, 0.1) is 0 Å². The summed E-state index contributed by atoms with van der Waals surface area (Å²) in [6.45, 7) is 3.55. The van der Waals surface area contributed by atoms with E-state index >= 15 is 0 Å². The van der Waals surface area contributed by atoms with Crippen molar-refractivity contribution in [3.05, 3.63) is 36.0 Å². The molecule has 0 unspecified atom stereocenters. The lowest BCUT2D eigenvalue weighted by Gasteiger charge is -2.12. The van der Waals surface area contributed by atoms with Crippen LogP contribution in [0.4, 0.5) is 4.79 Å². The molecule has 0 bridgehead atoms. The Labute approximate surface area is 133 Å². The van der Waals surface area contributed by atoms with E-state index in [-0.39, 0.29) is 6.42 Å². The van der Waals surface area contributed by atoms with E-state index in [1.807, 2.05) is 24.3 Å². The fourth-order valence-corrected chi connectivity index (χ4v) is 2.14. The first kappa shape index (κ1) is 16.5. The predicted octanol–water partition coefficient (Wildman–Crippen LogP) is 1.49. The molecule has 0 radical (unpaired) electrons. The van der Waals surface area contributed by atoms with Gasteiger partial charge in [0.25, 0.3) is 5.91 Å². The first-order valence-electron chi connectivity index (χ1n) is 7.34. The van der Waals surface area contributed by atoms with Crippen molar-refractivity contribution >= 4 is 28.8 Å². The van der Waals surface area contributed by atoms with Gasteiger partial charge in [-0.2, -0.15) is 0 Å². The van der Waals surface area contributed by atoms with E-state index in [0.29, 0.717) is 6.54 Å². The Bertz CT molecular complexity index is 723. The highest BCUT2D eigenvalue weighted by Crippen LogP contribution is 2.18. The van der Waals surface area contributed by atoms with Gasteiger partial charge < -0.3 is 15.0 Å². The van der Waals surface area contributed by atoms with Crippen LogP contribution in [0.3, 0.4) is 0 Å². The van der Waals surface area contributed by atoms with E-state index in [2.05, 4.69) is 15.6 Å². The van der Waals surface area contributed by atoms with E-state index in [1.165, 1.54) is 6.92 Å². The molecule has 122 valence electrons. The van der Waals surface area contributed by atoms with Gasteiger partial charge in [0.15, 0.2) is 6.10 Å². The molecule has 3 N–H and O–H groups in total. The average molecular weight is 317 g/mol. The molecule has 1 atom stereocenters. The number of aromatic amines is 1. The highest BCUT2D eigenvalue weighted by Gasteiger charge is 2.20. The van der Waals surface area contributed by atoms with Crippen LogP contribution in [-0.2, 0) is 20.7 Å². The first-order valence-corrected chi connectivity index (χ1v) is 7.34. The number of carbonyl (C=O) groups excluding carboxylic acids is 3.